The Balaban J connectivity index is 2.24. The number of benzene rings is 1. The Bertz CT molecular complexity index is 351. The van der Waals surface area contributed by atoms with Gasteiger partial charge in [0.25, 0.3) is 0 Å². The van der Waals surface area contributed by atoms with Crippen molar-refractivity contribution in [3.05, 3.63) is 35.4 Å². The Morgan fingerprint density at radius 1 is 1.07 bits per heavy atom. The molecular weight excluding hydrogens is 210 g/mol. The van der Waals surface area contributed by atoms with Crippen molar-refractivity contribution >= 4 is 0 Å². The number of hydrogen-bond acceptors (Lipinski definition) is 1. The lowest BCUT2D eigenvalue weighted by Gasteiger charge is -2.35. The van der Waals surface area contributed by atoms with Gasteiger partial charge >= 0.3 is 6.18 Å². The Kier molecular flexibility index (Phi) is 2.22. The van der Waals surface area contributed by atoms with E-state index in [0.717, 1.165) is 12.1 Å². The molecule has 0 amide bonds. The Morgan fingerprint density at radius 2 is 1.60 bits per heavy atom. The molecule has 2 rings (SSSR count). The average molecular weight is 219 g/mol. The maximum Gasteiger partial charge on any atom is 0.416 e. The molecule has 82 valence electrons. The summed E-state index contributed by atoms with van der Waals surface area (Å²) in [5.41, 5.74) is -1.94. The summed E-state index contributed by atoms with van der Waals surface area (Å²) in [5.74, 6) is 0. The van der Waals surface area contributed by atoms with Gasteiger partial charge in [0.1, 0.15) is 0 Å². The molecule has 0 spiro atoms. The lowest BCUT2D eigenvalue weighted by molar-refractivity contribution is -0.137. The summed E-state index contributed by atoms with van der Waals surface area (Å²) in [6.07, 6.45) is -4.36. The van der Waals surface area contributed by atoms with Crippen molar-refractivity contribution in [2.45, 2.75) is 11.8 Å². The first-order valence-corrected chi connectivity index (χ1v) is 4.49. The van der Waals surface area contributed by atoms with Gasteiger partial charge in [-0.3, -0.25) is 0 Å². The summed E-state index contributed by atoms with van der Waals surface area (Å²) < 4.78 is 50.3. The van der Waals surface area contributed by atoms with Crippen molar-refractivity contribution in [1.82, 2.24) is 5.32 Å². The topological polar surface area (TPSA) is 12.0 Å². The van der Waals surface area contributed by atoms with Crippen LogP contribution < -0.4 is 5.32 Å². The Labute approximate surface area is 84.1 Å². The van der Waals surface area contributed by atoms with Gasteiger partial charge < -0.3 is 5.32 Å². The highest BCUT2D eigenvalue weighted by Crippen LogP contribution is 2.33. The van der Waals surface area contributed by atoms with Crippen molar-refractivity contribution in [3.8, 4) is 0 Å². The SMILES string of the molecule is FC(F)(F)c1ccc(C2(F)CNC2)cc1. The first-order chi connectivity index (χ1) is 6.92. The minimum atomic E-state index is -4.36. The summed E-state index contributed by atoms with van der Waals surface area (Å²) >= 11 is 0. The van der Waals surface area contributed by atoms with E-state index in [2.05, 4.69) is 5.32 Å². The first-order valence-electron chi connectivity index (χ1n) is 4.49. The van der Waals surface area contributed by atoms with E-state index in [0.29, 0.717) is 5.56 Å². The molecule has 0 radical (unpaired) electrons. The monoisotopic (exact) mass is 219 g/mol. The van der Waals surface area contributed by atoms with E-state index in [9.17, 15) is 17.6 Å². The molecule has 1 nitrogen and oxygen atoms in total. The van der Waals surface area contributed by atoms with Crippen LogP contribution in [-0.2, 0) is 11.8 Å². The van der Waals surface area contributed by atoms with Gasteiger partial charge in [0.2, 0.25) is 0 Å². The van der Waals surface area contributed by atoms with E-state index in [1.165, 1.54) is 12.1 Å². The van der Waals surface area contributed by atoms with Gasteiger partial charge in [0.05, 0.1) is 5.56 Å². The van der Waals surface area contributed by atoms with E-state index in [-0.39, 0.29) is 13.1 Å². The van der Waals surface area contributed by atoms with E-state index >= 15 is 0 Å². The highest BCUT2D eigenvalue weighted by atomic mass is 19.4. The van der Waals surface area contributed by atoms with Crippen LogP contribution in [0.25, 0.3) is 0 Å². The maximum absolute atomic E-state index is 13.7. The molecule has 1 heterocycles. The molecule has 15 heavy (non-hydrogen) atoms. The van der Waals surface area contributed by atoms with Crippen molar-refractivity contribution in [3.63, 3.8) is 0 Å². The van der Waals surface area contributed by atoms with Crippen LogP contribution in [0.1, 0.15) is 11.1 Å². The highest BCUT2D eigenvalue weighted by Gasteiger charge is 2.39. The predicted octanol–water partition coefficient (Wildman–Crippen LogP) is 2.47. The third-order valence-electron chi connectivity index (χ3n) is 2.54. The van der Waals surface area contributed by atoms with Crippen LogP contribution in [0.4, 0.5) is 17.6 Å². The van der Waals surface area contributed by atoms with Crippen molar-refractivity contribution in [2.24, 2.45) is 0 Å². The minimum Gasteiger partial charge on any atom is -0.310 e. The lowest BCUT2D eigenvalue weighted by atomic mass is 9.89. The van der Waals surface area contributed by atoms with E-state index < -0.39 is 17.4 Å². The zero-order valence-electron chi connectivity index (χ0n) is 7.74. The smallest absolute Gasteiger partial charge is 0.310 e. The summed E-state index contributed by atoms with van der Waals surface area (Å²) in [6.45, 7) is 0.330. The largest absolute Gasteiger partial charge is 0.416 e. The van der Waals surface area contributed by atoms with Crippen molar-refractivity contribution in [1.29, 1.82) is 0 Å². The third kappa shape index (κ3) is 1.84. The lowest BCUT2D eigenvalue weighted by Crippen LogP contribution is -2.53. The Hall–Kier alpha value is -1.10. The van der Waals surface area contributed by atoms with Gasteiger partial charge in [0, 0.05) is 13.1 Å². The minimum absolute atomic E-state index is 0.165. The summed E-state index contributed by atoms with van der Waals surface area (Å²) in [4.78, 5) is 0. The van der Waals surface area contributed by atoms with E-state index in [4.69, 9.17) is 0 Å². The molecule has 1 aromatic rings. The number of halogens is 4. The fraction of sp³-hybridized carbons (Fsp3) is 0.400. The number of nitrogens with one attached hydrogen (secondary N) is 1. The average Bonchev–Trinajstić information content (AvgIpc) is 2.13. The molecule has 0 bridgehead atoms. The molecule has 1 aromatic carbocycles. The van der Waals surface area contributed by atoms with Crippen LogP contribution in [-0.4, -0.2) is 13.1 Å². The summed E-state index contributed by atoms with van der Waals surface area (Å²) in [5, 5.41) is 2.75. The van der Waals surface area contributed by atoms with Gasteiger partial charge in [-0.2, -0.15) is 13.2 Å². The van der Waals surface area contributed by atoms with Crippen molar-refractivity contribution < 1.29 is 17.6 Å². The molecular formula is C10H9F4N. The van der Waals surface area contributed by atoms with Crippen molar-refractivity contribution in [2.75, 3.05) is 13.1 Å². The molecule has 0 aromatic heterocycles. The molecule has 0 saturated carbocycles. The number of rotatable bonds is 1. The highest BCUT2D eigenvalue weighted by molar-refractivity contribution is 5.31. The molecule has 1 aliphatic heterocycles. The second kappa shape index (κ2) is 3.20. The molecule has 1 N–H and O–H groups in total. The van der Waals surface area contributed by atoms with Gasteiger partial charge in [-0.25, -0.2) is 4.39 Å². The first kappa shape index (κ1) is 10.4. The van der Waals surface area contributed by atoms with Gasteiger partial charge in [0.15, 0.2) is 5.67 Å². The second-order valence-corrected chi connectivity index (χ2v) is 3.64. The Morgan fingerprint density at radius 3 is 1.93 bits per heavy atom. The van der Waals surface area contributed by atoms with Crippen LogP contribution in [0, 0.1) is 0 Å². The molecule has 1 aliphatic rings. The van der Waals surface area contributed by atoms with Crippen LogP contribution >= 0.6 is 0 Å². The van der Waals surface area contributed by atoms with Crippen LogP contribution in [0.3, 0.4) is 0 Å². The predicted molar refractivity (Wildman–Crippen MR) is 47.1 cm³/mol. The number of alkyl halides is 4. The zero-order valence-corrected chi connectivity index (χ0v) is 7.74. The molecule has 1 fully saturated rings. The third-order valence-corrected chi connectivity index (χ3v) is 2.54. The summed E-state index contributed by atoms with van der Waals surface area (Å²) in [6, 6.07) is 4.22. The quantitative estimate of drug-likeness (QED) is 0.715. The molecule has 1 saturated heterocycles. The second-order valence-electron chi connectivity index (χ2n) is 3.64. The van der Waals surface area contributed by atoms with Gasteiger partial charge in [-0.1, -0.05) is 12.1 Å². The standard InChI is InChI=1S/C10H9F4N/c11-9(5-15-6-9)7-1-3-8(4-2-7)10(12,13)14/h1-4,15H,5-6H2. The normalized spacial score (nSPS) is 19.7. The van der Waals surface area contributed by atoms with E-state index in [1.807, 2.05) is 0 Å². The van der Waals surface area contributed by atoms with Gasteiger partial charge in [-0.05, 0) is 17.7 Å². The molecule has 0 atom stereocenters. The van der Waals surface area contributed by atoms with Crippen LogP contribution in [0.15, 0.2) is 24.3 Å². The molecule has 0 unspecified atom stereocenters. The van der Waals surface area contributed by atoms with E-state index in [1.54, 1.807) is 0 Å². The zero-order chi connectivity index (χ0) is 11.1. The van der Waals surface area contributed by atoms with Crippen LogP contribution in [0.2, 0.25) is 0 Å². The molecule has 5 heteroatoms. The summed E-state index contributed by atoms with van der Waals surface area (Å²) in [7, 11) is 0. The van der Waals surface area contributed by atoms with Gasteiger partial charge in [-0.15, -0.1) is 0 Å². The fourth-order valence-corrected chi connectivity index (χ4v) is 1.51. The maximum atomic E-state index is 13.7. The fourth-order valence-electron chi connectivity index (χ4n) is 1.51. The molecule has 0 aliphatic carbocycles. The van der Waals surface area contributed by atoms with Crippen LogP contribution in [0.5, 0.6) is 0 Å². The number of hydrogen-bond donors (Lipinski definition) is 1.